The van der Waals surface area contributed by atoms with Crippen LogP contribution in [-0.2, 0) is 4.74 Å². The Balaban J connectivity index is 2.62. The first-order valence-corrected chi connectivity index (χ1v) is 6.49. The van der Waals surface area contributed by atoms with Crippen molar-refractivity contribution in [1.82, 2.24) is 10.3 Å². The van der Waals surface area contributed by atoms with Crippen molar-refractivity contribution in [1.29, 1.82) is 0 Å². The molecule has 0 aromatic carbocycles. The molecule has 4 nitrogen and oxygen atoms in total. The minimum Gasteiger partial charge on any atom is -0.383 e. The fourth-order valence-electron chi connectivity index (χ4n) is 1.06. The van der Waals surface area contributed by atoms with E-state index < -0.39 is 0 Å². The smallest absolute Gasteiger partial charge is 0.172 e. The maximum Gasteiger partial charge on any atom is 0.172 e. The molecule has 2 N–H and O–H groups in total. The molecule has 0 bridgehead atoms. The lowest BCUT2D eigenvalue weighted by Gasteiger charge is -2.11. The van der Waals surface area contributed by atoms with Crippen molar-refractivity contribution in [3.8, 4) is 0 Å². The Hall–Kier alpha value is -0.430. The van der Waals surface area contributed by atoms with Gasteiger partial charge in [0.1, 0.15) is 0 Å². The molecule has 1 rings (SSSR count). The topological polar surface area (TPSA) is 46.2 Å². The van der Waals surface area contributed by atoms with Crippen LogP contribution < -0.4 is 10.6 Å². The van der Waals surface area contributed by atoms with Crippen molar-refractivity contribution in [2.45, 2.75) is 6.92 Å². The summed E-state index contributed by atoms with van der Waals surface area (Å²) in [6.45, 7) is 3.10. The molecule has 1 heterocycles. The monoisotopic (exact) mass is 337 g/mol. The lowest BCUT2D eigenvalue weighted by molar-refractivity contribution is 0.204. The maximum atomic E-state index is 6.04. The number of nitrogens with one attached hydrogen (secondary N) is 2. The third-order valence-electron chi connectivity index (χ3n) is 1.93. The van der Waals surface area contributed by atoms with Crippen molar-refractivity contribution in [3.63, 3.8) is 0 Å². The minimum absolute atomic E-state index is 0.471. The molecule has 0 radical (unpaired) electrons. The van der Waals surface area contributed by atoms with Gasteiger partial charge in [-0.15, -0.1) is 0 Å². The van der Waals surface area contributed by atoms with E-state index >= 15 is 0 Å². The van der Waals surface area contributed by atoms with Gasteiger partial charge in [-0.1, -0.05) is 11.6 Å². The van der Waals surface area contributed by atoms with Gasteiger partial charge in [-0.3, -0.25) is 0 Å². The number of hydrogen-bond acceptors (Lipinski definition) is 3. The van der Waals surface area contributed by atoms with Gasteiger partial charge >= 0.3 is 0 Å². The third-order valence-corrected chi connectivity index (χ3v) is 3.27. The number of methoxy groups -OCH3 is 1. The summed E-state index contributed by atoms with van der Waals surface area (Å²) in [4.78, 5) is 4.29. The van der Waals surface area contributed by atoms with Gasteiger partial charge in [-0.25, -0.2) is 4.98 Å². The first-order chi connectivity index (χ1) is 8.04. The molecule has 0 spiro atoms. The summed E-state index contributed by atoms with van der Waals surface area (Å²) in [5, 5.41) is 6.90. The maximum absolute atomic E-state index is 6.04. The highest BCUT2D eigenvalue weighted by Crippen LogP contribution is 2.25. The number of rotatable bonds is 4. The predicted octanol–water partition coefficient (Wildman–Crippen LogP) is 2.74. The van der Waals surface area contributed by atoms with Crippen LogP contribution in [0.1, 0.15) is 5.69 Å². The van der Waals surface area contributed by atoms with E-state index in [0.717, 1.165) is 10.2 Å². The first-order valence-electron chi connectivity index (χ1n) is 4.91. The van der Waals surface area contributed by atoms with Gasteiger partial charge < -0.3 is 15.4 Å². The van der Waals surface area contributed by atoms with E-state index in [0.29, 0.717) is 29.1 Å². The molecule has 0 saturated heterocycles. The second-order valence-electron chi connectivity index (χ2n) is 3.26. The minimum atomic E-state index is 0.471. The number of nitrogens with zero attached hydrogens (tertiary/aromatic N) is 1. The Morgan fingerprint density at radius 1 is 1.65 bits per heavy atom. The van der Waals surface area contributed by atoms with E-state index in [-0.39, 0.29) is 0 Å². The van der Waals surface area contributed by atoms with Gasteiger partial charge in [0, 0.05) is 18.1 Å². The van der Waals surface area contributed by atoms with E-state index in [4.69, 9.17) is 28.6 Å². The van der Waals surface area contributed by atoms with Crippen LogP contribution in [0.4, 0.5) is 5.82 Å². The summed E-state index contributed by atoms with van der Waals surface area (Å²) in [5.41, 5.74) is 0.844. The molecule has 17 heavy (non-hydrogen) atoms. The molecular weight excluding hydrogens is 326 g/mol. The zero-order valence-corrected chi connectivity index (χ0v) is 12.7. The molecule has 0 atom stereocenters. The average molecular weight is 339 g/mol. The molecule has 94 valence electrons. The van der Waals surface area contributed by atoms with Gasteiger partial charge in [-0.2, -0.15) is 0 Å². The zero-order chi connectivity index (χ0) is 12.8. The second kappa shape index (κ2) is 7.10. The Kier molecular flexibility index (Phi) is 6.11. The quantitative estimate of drug-likeness (QED) is 0.653. The van der Waals surface area contributed by atoms with Crippen molar-refractivity contribution in [2.75, 3.05) is 25.6 Å². The number of halogens is 2. The Morgan fingerprint density at radius 3 is 3.00 bits per heavy atom. The fraction of sp³-hybridized carbons (Fsp3) is 0.400. The molecule has 0 saturated carbocycles. The molecule has 0 unspecified atom stereocenters. The van der Waals surface area contributed by atoms with Crippen molar-refractivity contribution in [2.24, 2.45) is 0 Å². The molecule has 1 aromatic rings. The lowest BCUT2D eigenvalue weighted by atomic mass is 10.4. The van der Waals surface area contributed by atoms with E-state index in [1.54, 1.807) is 13.2 Å². The zero-order valence-electron chi connectivity index (χ0n) is 9.51. The molecular formula is C10H13BrClN3OS. The van der Waals surface area contributed by atoms with Crippen LogP contribution in [0, 0.1) is 6.92 Å². The molecule has 0 aliphatic heterocycles. The van der Waals surface area contributed by atoms with Crippen LogP contribution in [0.2, 0.25) is 5.02 Å². The molecule has 7 heteroatoms. The summed E-state index contributed by atoms with van der Waals surface area (Å²) < 4.78 is 5.77. The Labute approximate surface area is 119 Å². The van der Waals surface area contributed by atoms with Gasteiger partial charge in [-0.05, 0) is 41.1 Å². The highest BCUT2D eigenvalue weighted by molar-refractivity contribution is 9.10. The standard InChI is InChI=1S/C10H13BrClN3OS/c1-6-7(11)5-8(12)9(14-6)15-10(17)13-3-4-16-2/h5H,3-4H2,1-2H3,(H2,13,14,15,17). The average Bonchev–Trinajstić information content (AvgIpc) is 2.26. The number of aryl methyl sites for hydroxylation is 1. The SMILES string of the molecule is COCCNC(=S)Nc1nc(C)c(Br)cc1Cl. The van der Waals surface area contributed by atoms with Crippen LogP contribution >= 0.6 is 39.7 Å². The van der Waals surface area contributed by atoms with Gasteiger partial charge in [0.25, 0.3) is 0 Å². The van der Waals surface area contributed by atoms with E-state index in [1.165, 1.54) is 0 Å². The summed E-state index contributed by atoms with van der Waals surface area (Å²) in [6.07, 6.45) is 0. The molecule has 1 aromatic heterocycles. The van der Waals surface area contributed by atoms with Crippen molar-refractivity contribution < 1.29 is 4.74 Å². The van der Waals surface area contributed by atoms with Crippen LogP contribution in [0.25, 0.3) is 0 Å². The van der Waals surface area contributed by atoms with Gasteiger partial charge in [0.05, 0.1) is 17.3 Å². The van der Waals surface area contributed by atoms with Crippen LogP contribution in [0.5, 0.6) is 0 Å². The number of pyridine rings is 1. The molecule has 0 aliphatic rings. The highest BCUT2D eigenvalue weighted by atomic mass is 79.9. The normalized spacial score (nSPS) is 10.1. The van der Waals surface area contributed by atoms with Crippen LogP contribution in [0.15, 0.2) is 10.5 Å². The molecule has 0 amide bonds. The fourth-order valence-corrected chi connectivity index (χ4v) is 1.91. The number of ether oxygens (including phenoxy) is 1. The lowest BCUT2D eigenvalue weighted by Crippen LogP contribution is -2.31. The summed E-state index contributed by atoms with van der Waals surface area (Å²) in [5.74, 6) is 0.544. The number of aromatic nitrogens is 1. The van der Waals surface area contributed by atoms with Crippen LogP contribution in [0.3, 0.4) is 0 Å². The van der Waals surface area contributed by atoms with Crippen LogP contribution in [-0.4, -0.2) is 30.4 Å². The second-order valence-corrected chi connectivity index (χ2v) is 4.93. The summed E-state index contributed by atoms with van der Waals surface area (Å²) in [6, 6.07) is 1.78. The predicted molar refractivity (Wildman–Crippen MR) is 77.8 cm³/mol. The largest absolute Gasteiger partial charge is 0.383 e. The van der Waals surface area contributed by atoms with E-state index in [1.807, 2.05) is 6.92 Å². The van der Waals surface area contributed by atoms with Gasteiger partial charge in [0.15, 0.2) is 10.9 Å². The van der Waals surface area contributed by atoms with Crippen molar-refractivity contribution >= 4 is 50.7 Å². The van der Waals surface area contributed by atoms with E-state index in [9.17, 15) is 0 Å². The third kappa shape index (κ3) is 4.75. The summed E-state index contributed by atoms with van der Waals surface area (Å²) in [7, 11) is 1.63. The summed E-state index contributed by atoms with van der Waals surface area (Å²) >= 11 is 14.5. The van der Waals surface area contributed by atoms with E-state index in [2.05, 4.69) is 31.5 Å². The number of thiocarbonyl (C=S) groups is 1. The molecule has 0 fully saturated rings. The Bertz CT molecular complexity index is 417. The number of anilines is 1. The Morgan fingerprint density at radius 2 is 2.35 bits per heavy atom. The molecule has 0 aliphatic carbocycles. The van der Waals surface area contributed by atoms with Crippen molar-refractivity contribution in [3.05, 3.63) is 21.3 Å². The highest BCUT2D eigenvalue weighted by Gasteiger charge is 2.07. The number of hydrogen-bond donors (Lipinski definition) is 2. The van der Waals surface area contributed by atoms with Gasteiger partial charge in [0.2, 0.25) is 0 Å². The first kappa shape index (κ1) is 14.6.